The summed E-state index contributed by atoms with van der Waals surface area (Å²) in [5.74, 6) is -10.3. The third-order valence-corrected chi connectivity index (χ3v) is 9.06. The molecule has 3 aromatic carbocycles. The van der Waals surface area contributed by atoms with Crippen LogP contribution in [-0.4, -0.2) is 78.4 Å². The monoisotopic (exact) mass is 787 g/mol. The Balaban J connectivity index is 1.34. The average molecular weight is 788 g/mol. The highest BCUT2D eigenvalue weighted by molar-refractivity contribution is 6.05. The number of carboxylic acids is 2. The molecule has 0 aromatic heterocycles. The fourth-order valence-electron chi connectivity index (χ4n) is 6.29. The lowest BCUT2D eigenvalue weighted by Gasteiger charge is -2.47. The summed E-state index contributed by atoms with van der Waals surface area (Å²) in [4.78, 5) is 75.9. The van der Waals surface area contributed by atoms with Gasteiger partial charge in [0.05, 0.1) is 42.2 Å². The summed E-state index contributed by atoms with van der Waals surface area (Å²) in [6, 6.07) is 17.8. The molecule has 6 N–H and O–H groups in total. The number of rotatable bonds is 18. The first-order valence-corrected chi connectivity index (χ1v) is 18.2. The highest BCUT2D eigenvalue weighted by Crippen LogP contribution is 2.50. The van der Waals surface area contributed by atoms with E-state index in [9.17, 15) is 39.0 Å². The molecule has 0 spiro atoms. The van der Waals surface area contributed by atoms with Gasteiger partial charge in [-0.3, -0.25) is 19.2 Å². The van der Waals surface area contributed by atoms with Gasteiger partial charge >= 0.3 is 23.9 Å². The zero-order valence-corrected chi connectivity index (χ0v) is 32.7. The number of nitrogens with one attached hydrogen (secondary N) is 2. The van der Waals surface area contributed by atoms with Crippen molar-refractivity contribution in [2.45, 2.75) is 46.7 Å². The van der Waals surface area contributed by atoms with Crippen LogP contribution in [0.25, 0.3) is 6.08 Å². The van der Waals surface area contributed by atoms with E-state index in [4.69, 9.17) is 24.7 Å². The number of Topliss-reactive ketones (excluding diaryl/α,β-unsaturated/α-hetero) is 1. The molecule has 0 bridgehead atoms. The van der Waals surface area contributed by atoms with Crippen LogP contribution in [0.4, 0.5) is 11.4 Å². The minimum atomic E-state index is -1.51. The zero-order valence-electron chi connectivity index (χ0n) is 32.7. The molecule has 304 valence electrons. The standard InChI is InChI=1S/C42H49N3O12/c1-41(2,3)36(47)32-34(38(49)50)33(35(32)39(51)52)37(48)44-27-13-10-25(30(23-27)45-42(4,5)43)19-20-56-31(46)18-9-24-7-14-29(15-8-24)57-40(53)26-11-16-28(17-12-26)55-22-21-54-6/h7-18,23,32-35,45H,19-22,43H2,1-6H3,(H,44,48)(H,49,50)(H,51,52). The fourth-order valence-corrected chi connectivity index (χ4v) is 6.29. The van der Waals surface area contributed by atoms with E-state index < -0.39 is 70.3 Å². The first kappa shape index (κ1) is 43.7. The Morgan fingerprint density at radius 2 is 1.39 bits per heavy atom. The van der Waals surface area contributed by atoms with Crippen molar-refractivity contribution in [1.29, 1.82) is 0 Å². The van der Waals surface area contributed by atoms with Gasteiger partial charge in [0.15, 0.2) is 0 Å². The second-order valence-electron chi connectivity index (χ2n) is 15.2. The predicted octanol–water partition coefficient (Wildman–Crippen LogP) is 5.04. The summed E-state index contributed by atoms with van der Waals surface area (Å²) in [6.45, 7) is 8.94. The number of ether oxygens (including phenoxy) is 4. The first-order valence-electron chi connectivity index (χ1n) is 18.2. The van der Waals surface area contributed by atoms with E-state index in [2.05, 4.69) is 10.6 Å². The maximum atomic E-state index is 13.4. The molecule has 0 radical (unpaired) electrons. The number of carbonyl (C=O) groups excluding carboxylic acids is 4. The molecule has 1 aliphatic carbocycles. The van der Waals surface area contributed by atoms with E-state index in [1.807, 2.05) is 0 Å². The highest BCUT2D eigenvalue weighted by atomic mass is 16.5. The van der Waals surface area contributed by atoms with Gasteiger partial charge < -0.3 is 45.5 Å². The lowest BCUT2D eigenvalue weighted by atomic mass is 9.52. The van der Waals surface area contributed by atoms with Crippen LogP contribution in [0.15, 0.2) is 72.8 Å². The molecule has 1 saturated carbocycles. The largest absolute Gasteiger partial charge is 0.491 e. The molecule has 2 unspecified atom stereocenters. The summed E-state index contributed by atoms with van der Waals surface area (Å²) in [6.07, 6.45) is 3.05. The number of hydrogen-bond acceptors (Lipinski definition) is 12. The maximum absolute atomic E-state index is 13.4. The van der Waals surface area contributed by atoms with Crippen molar-refractivity contribution < 1.29 is 57.9 Å². The van der Waals surface area contributed by atoms with Gasteiger partial charge in [0, 0.05) is 42.3 Å². The van der Waals surface area contributed by atoms with Crippen molar-refractivity contribution in [3.8, 4) is 11.5 Å². The Morgan fingerprint density at radius 1 is 0.772 bits per heavy atom. The summed E-state index contributed by atoms with van der Waals surface area (Å²) < 4.78 is 21.3. The molecular formula is C42H49N3O12. The normalized spacial score (nSPS) is 17.9. The molecular weight excluding hydrogens is 738 g/mol. The Hall–Kier alpha value is -6.06. The van der Waals surface area contributed by atoms with Gasteiger partial charge in [-0.15, -0.1) is 0 Å². The quantitative estimate of drug-likeness (QED) is 0.0374. The Bertz CT molecular complexity index is 1960. The Labute approximate surface area is 330 Å². The number of anilines is 2. The fraction of sp³-hybridized carbons (Fsp3) is 0.381. The van der Waals surface area contributed by atoms with Gasteiger partial charge in [0.2, 0.25) is 5.91 Å². The van der Waals surface area contributed by atoms with Gasteiger partial charge in [0.1, 0.15) is 23.9 Å². The molecule has 1 amide bonds. The van der Waals surface area contributed by atoms with Crippen LogP contribution >= 0.6 is 0 Å². The van der Waals surface area contributed by atoms with Crippen LogP contribution in [-0.2, 0) is 39.9 Å². The van der Waals surface area contributed by atoms with E-state index >= 15 is 0 Å². The molecule has 0 aliphatic heterocycles. The topological polar surface area (TPSA) is 230 Å². The summed E-state index contributed by atoms with van der Waals surface area (Å²) in [7, 11) is 1.58. The van der Waals surface area contributed by atoms with Crippen LogP contribution in [0.2, 0.25) is 0 Å². The van der Waals surface area contributed by atoms with Crippen molar-refractivity contribution in [3.63, 3.8) is 0 Å². The van der Waals surface area contributed by atoms with Gasteiger partial charge in [-0.25, -0.2) is 9.59 Å². The Morgan fingerprint density at radius 3 is 1.95 bits per heavy atom. The summed E-state index contributed by atoms with van der Waals surface area (Å²) >= 11 is 0. The summed E-state index contributed by atoms with van der Waals surface area (Å²) in [5, 5.41) is 25.6. The zero-order chi connectivity index (χ0) is 42.1. The number of hydrogen-bond donors (Lipinski definition) is 5. The van der Waals surface area contributed by atoms with Crippen LogP contribution in [0, 0.1) is 29.1 Å². The molecule has 2 atom stereocenters. The number of methoxy groups -OCH3 is 1. The molecule has 15 nitrogen and oxygen atoms in total. The minimum absolute atomic E-state index is 0.0183. The van der Waals surface area contributed by atoms with E-state index in [-0.39, 0.29) is 18.7 Å². The van der Waals surface area contributed by atoms with E-state index in [0.717, 1.165) is 0 Å². The van der Waals surface area contributed by atoms with Crippen molar-refractivity contribution >= 4 is 53.0 Å². The molecule has 15 heteroatoms. The smallest absolute Gasteiger partial charge is 0.343 e. The first-order chi connectivity index (χ1) is 26.8. The van der Waals surface area contributed by atoms with Crippen molar-refractivity contribution in [3.05, 3.63) is 89.5 Å². The lowest BCUT2D eigenvalue weighted by Crippen LogP contribution is -2.62. The van der Waals surface area contributed by atoms with Gasteiger partial charge in [-0.2, -0.15) is 0 Å². The second-order valence-corrected chi connectivity index (χ2v) is 15.2. The molecule has 0 heterocycles. The highest BCUT2D eigenvalue weighted by Gasteiger charge is 2.64. The van der Waals surface area contributed by atoms with Crippen molar-refractivity contribution in [2.75, 3.05) is 37.6 Å². The van der Waals surface area contributed by atoms with Crippen LogP contribution in [0.5, 0.6) is 11.5 Å². The minimum Gasteiger partial charge on any atom is -0.491 e. The molecule has 57 heavy (non-hydrogen) atoms. The van der Waals surface area contributed by atoms with E-state index in [1.165, 1.54) is 6.08 Å². The van der Waals surface area contributed by atoms with Crippen molar-refractivity contribution in [1.82, 2.24) is 0 Å². The number of aliphatic carboxylic acids is 2. The third kappa shape index (κ3) is 12.0. The van der Waals surface area contributed by atoms with Crippen LogP contribution in [0.1, 0.15) is 56.1 Å². The lowest BCUT2D eigenvalue weighted by molar-refractivity contribution is -0.181. The van der Waals surface area contributed by atoms with Gasteiger partial charge in [-0.05, 0) is 79.6 Å². The molecule has 1 fully saturated rings. The number of benzene rings is 3. The Kier molecular flexibility index (Phi) is 14.3. The number of esters is 2. The maximum Gasteiger partial charge on any atom is 0.343 e. The summed E-state index contributed by atoms with van der Waals surface area (Å²) in [5.41, 5.74) is 6.67. The number of nitrogens with two attached hydrogens (primary N) is 1. The molecule has 1 aliphatic rings. The van der Waals surface area contributed by atoms with Crippen LogP contribution < -0.4 is 25.8 Å². The van der Waals surface area contributed by atoms with Crippen molar-refractivity contribution in [2.24, 2.45) is 34.8 Å². The van der Waals surface area contributed by atoms with Gasteiger partial charge in [0.25, 0.3) is 0 Å². The predicted molar refractivity (Wildman–Crippen MR) is 210 cm³/mol. The molecule has 3 aromatic rings. The number of carboxylic acid groups (broad SMARTS) is 2. The number of carbonyl (C=O) groups is 6. The van der Waals surface area contributed by atoms with Gasteiger partial charge in [-0.1, -0.05) is 39.0 Å². The molecule has 0 saturated heterocycles. The number of amides is 1. The third-order valence-electron chi connectivity index (χ3n) is 9.06. The second kappa shape index (κ2) is 18.7. The van der Waals surface area contributed by atoms with E-state index in [0.29, 0.717) is 47.1 Å². The average Bonchev–Trinajstić information content (AvgIpc) is 3.10. The van der Waals surface area contributed by atoms with Crippen LogP contribution in [0.3, 0.4) is 0 Å². The number of ketones is 1. The van der Waals surface area contributed by atoms with E-state index in [1.54, 1.807) is 115 Å². The SMILES string of the molecule is COCCOc1ccc(C(=O)Oc2ccc(C=CC(=O)OCCc3ccc(NC(=O)C4C(C(=O)O)C(C(=O)C(C)(C)C)C4C(=O)O)cc3NC(C)(C)N)cc2)cc1. The molecule has 4 rings (SSSR count).